The molecular formula is C8H12FNO2. The van der Waals surface area contributed by atoms with Crippen LogP contribution in [0.4, 0.5) is 4.39 Å². The first-order valence-corrected chi connectivity index (χ1v) is 3.38. The molecule has 0 radical (unpaired) electrons. The van der Waals surface area contributed by atoms with Gasteiger partial charge in [0.1, 0.15) is 13.3 Å². The quantitative estimate of drug-likeness (QED) is 0.633. The molecule has 0 amide bonds. The molecule has 0 aliphatic heterocycles. The first-order valence-electron chi connectivity index (χ1n) is 3.38. The van der Waals surface area contributed by atoms with E-state index < -0.39 is 12.6 Å². The molecule has 0 aliphatic carbocycles. The van der Waals surface area contributed by atoms with Gasteiger partial charge in [0.05, 0.1) is 0 Å². The van der Waals surface area contributed by atoms with Crippen molar-refractivity contribution in [1.82, 2.24) is 5.32 Å². The number of hydrogen-bond acceptors (Lipinski definition) is 3. The molecule has 3 nitrogen and oxygen atoms in total. The highest BCUT2D eigenvalue weighted by Crippen LogP contribution is 1.93. The normalized spacial score (nSPS) is 8.83. The van der Waals surface area contributed by atoms with E-state index in [4.69, 9.17) is 0 Å². The fourth-order valence-corrected chi connectivity index (χ4v) is 0.508. The predicted octanol–water partition coefficient (Wildman–Crippen LogP) is 1.14. The molecule has 0 heterocycles. The molecule has 68 valence electrons. The number of allylic oxidation sites excluding steroid dienone is 1. The van der Waals surface area contributed by atoms with Crippen molar-refractivity contribution in [3.63, 3.8) is 0 Å². The van der Waals surface area contributed by atoms with Gasteiger partial charge in [-0.3, -0.25) is 4.79 Å². The van der Waals surface area contributed by atoms with E-state index >= 15 is 0 Å². The van der Waals surface area contributed by atoms with Crippen LogP contribution < -0.4 is 5.32 Å². The summed E-state index contributed by atoms with van der Waals surface area (Å²) in [6.07, 6.45) is 0. The van der Waals surface area contributed by atoms with Crippen molar-refractivity contribution < 1.29 is 13.9 Å². The monoisotopic (exact) mass is 173 g/mol. The fraction of sp³-hybridized carbons (Fsp3) is 0.375. The zero-order valence-electron chi connectivity index (χ0n) is 7.02. The van der Waals surface area contributed by atoms with Crippen LogP contribution in [-0.2, 0) is 9.53 Å². The Bertz CT molecular complexity index is 201. The predicted molar refractivity (Wildman–Crippen MR) is 44.0 cm³/mol. The van der Waals surface area contributed by atoms with Gasteiger partial charge in [-0.2, -0.15) is 0 Å². The van der Waals surface area contributed by atoms with E-state index in [2.05, 4.69) is 23.2 Å². The fourth-order valence-electron chi connectivity index (χ4n) is 0.508. The summed E-state index contributed by atoms with van der Waals surface area (Å²) in [4.78, 5) is 10.3. The lowest BCUT2D eigenvalue weighted by molar-refractivity contribution is -0.140. The number of halogens is 1. The highest BCUT2D eigenvalue weighted by molar-refractivity contribution is 5.66. The molecular weight excluding hydrogens is 161 g/mol. The Morgan fingerprint density at radius 1 is 1.50 bits per heavy atom. The highest BCUT2D eigenvalue weighted by Gasteiger charge is 1.98. The SMILES string of the molecule is C=C(CF)NC(=C)COC(C)=O. The average Bonchev–Trinajstić information content (AvgIpc) is 2.00. The summed E-state index contributed by atoms with van der Waals surface area (Å²) < 4.78 is 16.4. The Morgan fingerprint density at radius 2 is 2.08 bits per heavy atom. The van der Waals surface area contributed by atoms with Crippen molar-refractivity contribution in [2.24, 2.45) is 0 Å². The molecule has 0 fully saturated rings. The van der Waals surface area contributed by atoms with Gasteiger partial charge in [0.2, 0.25) is 0 Å². The summed E-state index contributed by atoms with van der Waals surface area (Å²) in [5.74, 6) is -0.399. The van der Waals surface area contributed by atoms with Crippen LogP contribution in [0.3, 0.4) is 0 Å². The summed E-state index contributed by atoms with van der Waals surface area (Å²) in [6, 6.07) is 0. The molecule has 12 heavy (non-hydrogen) atoms. The Hall–Kier alpha value is -1.32. The lowest BCUT2D eigenvalue weighted by atomic mass is 10.4. The van der Waals surface area contributed by atoms with Crippen molar-refractivity contribution in [3.05, 3.63) is 24.6 Å². The van der Waals surface area contributed by atoms with E-state index in [-0.39, 0.29) is 12.3 Å². The molecule has 0 aromatic heterocycles. The van der Waals surface area contributed by atoms with Crippen LogP contribution >= 0.6 is 0 Å². The number of esters is 1. The molecule has 0 unspecified atom stereocenters. The van der Waals surface area contributed by atoms with Crippen LogP contribution in [0.25, 0.3) is 0 Å². The molecule has 0 saturated heterocycles. The third-order valence-electron chi connectivity index (χ3n) is 0.965. The Morgan fingerprint density at radius 3 is 2.50 bits per heavy atom. The molecule has 0 aromatic rings. The number of carbonyl (C=O) groups is 1. The van der Waals surface area contributed by atoms with Gasteiger partial charge >= 0.3 is 5.97 Å². The smallest absolute Gasteiger partial charge is 0.303 e. The van der Waals surface area contributed by atoms with Crippen LogP contribution in [0.1, 0.15) is 6.92 Å². The summed E-state index contributed by atoms with van der Waals surface area (Å²) in [5, 5.41) is 2.54. The van der Waals surface area contributed by atoms with Crippen LogP contribution in [-0.4, -0.2) is 19.3 Å². The molecule has 0 aliphatic rings. The first kappa shape index (κ1) is 10.7. The van der Waals surface area contributed by atoms with Gasteiger partial charge in [-0.05, 0) is 0 Å². The number of alkyl halides is 1. The maximum Gasteiger partial charge on any atom is 0.303 e. The molecule has 1 N–H and O–H groups in total. The van der Waals surface area contributed by atoms with E-state index in [9.17, 15) is 9.18 Å². The summed E-state index contributed by atoms with van der Waals surface area (Å²) in [5.41, 5.74) is 0.611. The first-order chi connectivity index (χ1) is 5.56. The van der Waals surface area contributed by atoms with Crippen molar-refractivity contribution in [2.75, 3.05) is 13.3 Å². The van der Waals surface area contributed by atoms with E-state index in [0.717, 1.165) is 0 Å². The van der Waals surface area contributed by atoms with Crippen LogP contribution in [0, 0.1) is 0 Å². The van der Waals surface area contributed by atoms with Gasteiger partial charge in [-0.15, -0.1) is 0 Å². The number of hydrogen-bond donors (Lipinski definition) is 1. The molecule has 0 spiro atoms. The Kier molecular flexibility index (Phi) is 4.76. The minimum Gasteiger partial charge on any atom is -0.459 e. The van der Waals surface area contributed by atoms with Crippen molar-refractivity contribution in [1.29, 1.82) is 0 Å². The lowest BCUT2D eigenvalue weighted by Gasteiger charge is -2.08. The second-order valence-corrected chi connectivity index (χ2v) is 2.25. The number of nitrogens with one attached hydrogen (secondary N) is 1. The summed E-state index contributed by atoms with van der Waals surface area (Å²) >= 11 is 0. The standard InChI is InChI=1S/C8H12FNO2/c1-6(4-9)10-7(2)5-12-8(3)11/h10H,1-2,4-5H2,3H3. The van der Waals surface area contributed by atoms with Crippen molar-refractivity contribution in [2.45, 2.75) is 6.92 Å². The molecule has 0 aromatic carbocycles. The minimum atomic E-state index is -0.668. The van der Waals surface area contributed by atoms with Crippen molar-refractivity contribution >= 4 is 5.97 Å². The van der Waals surface area contributed by atoms with E-state index in [1.807, 2.05) is 0 Å². The molecule has 0 saturated carbocycles. The largest absolute Gasteiger partial charge is 0.459 e. The second kappa shape index (κ2) is 5.35. The number of rotatable bonds is 5. The minimum absolute atomic E-state index is 0.0361. The molecule has 0 rings (SSSR count). The summed E-state index contributed by atoms with van der Waals surface area (Å²) in [6.45, 7) is 7.51. The maximum absolute atomic E-state index is 11.8. The van der Waals surface area contributed by atoms with Gasteiger partial charge in [-0.1, -0.05) is 13.2 Å². The molecule has 0 bridgehead atoms. The Labute approximate surface area is 70.9 Å². The van der Waals surface area contributed by atoms with Gasteiger partial charge in [0.25, 0.3) is 0 Å². The second-order valence-electron chi connectivity index (χ2n) is 2.25. The third-order valence-corrected chi connectivity index (χ3v) is 0.965. The van der Waals surface area contributed by atoms with Crippen LogP contribution in [0.2, 0.25) is 0 Å². The third kappa shape index (κ3) is 5.46. The zero-order chi connectivity index (χ0) is 9.56. The number of ether oxygens (including phenoxy) is 1. The van der Waals surface area contributed by atoms with E-state index in [1.165, 1.54) is 6.92 Å². The van der Waals surface area contributed by atoms with Crippen molar-refractivity contribution in [3.8, 4) is 0 Å². The van der Waals surface area contributed by atoms with Crippen LogP contribution in [0.5, 0.6) is 0 Å². The summed E-state index contributed by atoms with van der Waals surface area (Å²) in [7, 11) is 0. The van der Waals surface area contributed by atoms with Crippen LogP contribution in [0.15, 0.2) is 24.6 Å². The highest BCUT2D eigenvalue weighted by atomic mass is 19.1. The van der Waals surface area contributed by atoms with Gasteiger partial charge in [0.15, 0.2) is 0 Å². The average molecular weight is 173 g/mol. The topological polar surface area (TPSA) is 38.3 Å². The van der Waals surface area contributed by atoms with E-state index in [1.54, 1.807) is 0 Å². The molecule has 0 atom stereocenters. The van der Waals surface area contributed by atoms with E-state index in [0.29, 0.717) is 5.70 Å². The number of carbonyl (C=O) groups excluding carboxylic acids is 1. The van der Waals surface area contributed by atoms with Gasteiger partial charge in [-0.25, -0.2) is 4.39 Å². The van der Waals surface area contributed by atoms with Gasteiger partial charge in [0, 0.05) is 18.3 Å². The maximum atomic E-state index is 11.8. The van der Waals surface area contributed by atoms with Gasteiger partial charge < -0.3 is 10.1 Å². The lowest BCUT2D eigenvalue weighted by Crippen LogP contribution is -2.17. The zero-order valence-corrected chi connectivity index (χ0v) is 7.02. The molecule has 4 heteroatoms. The Balaban J connectivity index is 3.60.